The SMILES string of the molecule is OC(F)(C1=C(C(O)(C(F)(F)F)C(F)(F)F)C2CCC1C2)C(F)(F)F. The zero-order valence-electron chi connectivity index (χ0n) is 11.5. The molecule has 1 saturated carbocycles. The summed E-state index contributed by atoms with van der Waals surface area (Å²) in [6, 6.07) is 0. The molecular weight excluding hydrogens is 366 g/mol. The summed E-state index contributed by atoms with van der Waals surface area (Å²) in [6.07, 6.45) is -20.4. The van der Waals surface area contributed by atoms with Gasteiger partial charge in [-0.15, -0.1) is 0 Å². The fourth-order valence-corrected chi connectivity index (χ4v) is 3.50. The maximum Gasteiger partial charge on any atom is 0.452 e. The zero-order chi connectivity index (χ0) is 18.9. The van der Waals surface area contributed by atoms with Gasteiger partial charge in [0.05, 0.1) is 0 Å². The lowest BCUT2D eigenvalue weighted by molar-refractivity contribution is -0.356. The quantitative estimate of drug-likeness (QED) is 0.569. The number of hydrogen-bond acceptors (Lipinski definition) is 2. The Hall–Kier alpha value is -1.04. The molecule has 3 atom stereocenters. The molecule has 0 aliphatic heterocycles. The average molecular weight is 376 g/mol. The van der Waals surface area contributed by atoms with Gasteiger partial charge in [-0.25, -0.2) is 0 Å². The van der Waals surface area contributed by atoms with Crippen LogP contribution in [-0.2, 0) is 0 Å². The molecule has 2 aliphatic carbocycles. The average Bonchev–Trinajstić information content (AvgIpc) is 2.93. The maximum atomic E-state index is 13.8. The third-order valence-electron chi connectivity index (χ3n) is 4.48. The van der Waals surface area contributed by atoms with Crippen molar-refractivity contribution in [2.45, 2.75) is 49.2 Å². The molecule has 0 aromatic carbocycles. The maximum absolute atomic E-state index is 13.8. The molecule has 12 heteroatoms. The van der Waals surface area contributed by atoms with Crippen molar-refractivity contribution in [2.24, 2.45) is 11.8 Å². The Balaban J connectivity index is 2.80. The topological polar surface area (TPSA) is 40.5 Å². The summed E-state index contributed by atoms with van der Waals surface area (Å²) in [5.74, 6) is -8.83. The Labute approximate surface area is 127 Å². The van der Waals surface area contributed by atoms with Crippen molar-refractivity contribution in [3.63, 3.8) is 0 Å². The first kappa shape index (κ1) is 19.3. The number of hydrogen-bond donors (Lipinski definition) is 2. The van der Waals surface area contributed by atoms with E-state index in [1.165, 1.54) is 0 Å². The molecule has 0 saturated heterocycles. The van der Waals surface area contributed by atoms with Gasteiger partial charge in [0.15, 0.2) is 0 Å². The van der Waals surface area contributed by atoms with Crippen molar-refractivity contribution < 1.29 is 54.1 Å². The first-order valence-electron chi connectivity index (χ1n) is 6.55. The Morgan fingerprint density at radius 1 is 0.625 bits per heavy atom. The molecule has 0 radical (unpaired) electrons. The molecule has 0 heterocycles. The summed E-state index contributed by atoms with van der Waals surface area (Å²) >= 11 is 0. The molecule has 2 bridgehead atoms. The van der Waals surface area contributed by atoms with Crippen LogP contribution in [0.5, 0.6) is 0 Å². The van der Waals surface area contributed by atoms with Crippen LogP contribution in [0.1, 0.15) is 19.3 Å². The predicted molar refractivity (Wildman–Crippen MR) is 57.0 cm³/mol. The van der Waals surface area contributed by atoms with Gasteiger partial charge in [0.1, 0.15) is 0 Å². The van der Waals surface area contributed by atoms with Crippen LogP contribution in [0.15, 0.2) is 11.1 Å². The third kappa shape index (κ3) is 2.40. The van der Waals surface area contributed by atoms with Gasteiger partial charge in [0.2, 0.25) is 0 Å². The van der Waals surface area contributed by atoms with Gasteiger partial charge < -0.3 is 10.2 Å². The number of fused-ring (bicyclic) bond motifs is 2. The van der Waals surface area contributed by atoms with E-state index in [2.05, 4.69) is 0 Å². The van der Waals surface area contributed by atoms with E-state index in [0.29, 0.717) is 0 Å². The summed E-state index contributed by atoms with van der Waals surface area (Å²) in [6.45, 7) is 0. The second-order valence-corrected chi connectivity index (χ2v) is 5.86. The molecule has 0 amide bonds. The minimum atomic E-state index is -6.45. The van der Waals surface area contributed by atoms with Gasteiger partial charge in [0.25, 0.3) is 5.60 Å². The molecule has 3 unspecified atom stereocenters. The highest BCUT2D eigenvalue weighted by molar-refractivity contribution is 5.43. The Kier molecular flexibility index (Phi) is 4.01. The molecule has 2 nitrogen and oxygen atoms in total. The highest BCUT2D eigenvalue weighted by Crippen LogP contribution is 2.62. The second kappa shape index (κ2) is 4.99. The summed E-state index contributed by atoms with van der Waals surface area (Å²) in [5.41, 5.74) is -9.93. The second-order valence-electron chi connectivity index (χ2n) is 5.86. The molecule has 0 aromatic rings. The molecule has 2 rings (SSSR count). The summed E-state index contributed by atoms with van der Waals surface area (Å²) in [4.78, 5) is 0. The van der Waals surface area contributed by atoms with Gasteiger partial charge in [0, 0.05) is 5.57 Å². The summed E-state index contributed by atoms with van der Waals surface area (Å²) in [7, 11) is 0. The molecule has 24 heavy (non-hydrogen) atoms. The standard InChI is InChI=1S/C12H10F10O2/c13-9(24,12(20,21)22)7-5-2-1-4(3-5)6(7)8(23,10(14,15)16)11(17,18)19/h4-5,23-24H,1-3H2. The molecule has 2 N–H and O–H groups in total. The van der Waals surface area contributed by atoms with Gasteiger partial charge in [-0.2, -0.15) is 43.9 Å². The molecule has 1 fully saturated rings. The lowest BCUT2D eigenvalue weighted by Crippen LogP contribution is -2.60. The van der Waals surface area contributed by atoms with Crippen LogP contribution in [0.25, 0.3) is 0 Å². The summed E-state index contributed by atoms with van der Waals surface area (Å²) in [5, 5.41) is 18.4. The zero-order valence-corrected chi connectivity index (χ0v) is 11.5. The lowest BCUT2D eigenvalue weighted by atomic mass is 9.77. The van der Waals surface area contributed by atoms with Crippen molar-refractivity contribution in [1.82, 2.24) is 0 Å². The molecule has 2 aliphatic rings. The lowest BCUT2D eigenvalue weighted by Gasteiger charge is -2.39. The van der Waals surface area contributed by atoms with Crippen molar-refractivity contribution in [2.75, 3.05) is 0 Å². The van der Waals surface area contributed by atoms with E-state index in [9.17, 15) is 49.0 Å². The molecule has 0 aromatic heterocycles. The van der Waals surface area contributed by atoms with Crippen LogP contribution >= 0.6 is 0 Å². The monoisotopic (exact) mass is 376 g/mol. The number of aliphatic hydroxyl groups is 2. The fourth-order valence-electron chi connectivity index (χ4n) is 3.50. The Morgan fingerprint density at radius 3 is 1.33 bits per heavy atom. The number of alkyl halides is 10. The van der Waals surface area contributed by atoms with E-state index in [0.717, 1.165) is 0 Å². The number of halogens is 10. The van der Waals surface area contributed by atoms with Gasteiger partial charge in [-0.3, -0.25) is 0 Å². The van der Waals surface area contributed by atoms with E-state index in [-0.39, 0.29) is 12.8 Å². The normalized spacial score (nSPS) is 28.5. The van der Waals surface area contributed by atoms with Crippen LogP contribution in [0, 0.1) is 11.8 Å². The highest BCUT2D eigenvalue weighted by Gasteiger charge is 2.77. The van der Waals surface area contributed by atoms with Crippen molar-refractivity contribution in [3.05, 3.63) is 11.1 Å². The van der Waals surface area contributed by atoms with E-state index < -0.39 is 59.4 Å². The first-order valence-corrected chi connectivity index (χ1v) is 6.55. The van der Waals surface area contributed by atoms with Crippen LogP contribution in [0.3, 0.4) is 0 Å². The van der Waals surface area contributed by atoms with Crippen LogP contribution in [0.4, 0.5) is 43.9 Å². The van der Waals surface area contributed by atoms with Crippen molar-refractivity contribution in [1.29, 1.82) is 0 Å². The number of rotatable bonds is 2. The van der Waals surface area contributed by atoms with Crippen molar-refractivity contribution >= 4 is 0 Å². The van der Waals surface area contributed by atoms with E-state index in [1.807, 2.05) is 0 Å². The highest BCUT2D eigenvalue weighted by atomic mass is 19.4. The van der Waals surface area contributed by atoms with E-state index >= 15 is 0 Å². The van der Waals surface area contributed by atoms with E-state index in [4.69, 9.17) is 5.11 Å². The Morgan fingerprint density at radius 2 is 1.00 bits per heavy atom. The van der Waals surface area contributed by atoms with E-state index in [1.54, 1.807) is 0 Å². The van der Waals surface area contributed by atoms with Crippen LogP contribution in [0.2, 0.25) is 0 Å². The fraction of sp³-hybridized carbons (Fsp3) is 0.833. The Bertz CT molecular complexity index is 540. The van der Waals surface area contributed by atoms with Crippen LogP contribution < -0.4 is 0 Å². The predicted octanol–water partition coefficient (Wildman–Crippen LogP) is 3.79. The third-order valence-corrected chi connectivity index (χ3v) is 4.48. The minimum absolute atomic E-state index is 0.322. The molecule has 0 spiro atoms. The smallest absolute Gasteiger partial charge is 0.370 e. The van der Waals surface area contributed by atoms with Gasteiger partial charge >= 0.3 is 24.4 Å². The molecular formula is C12H10F10O2. The van der Waals surface area contributed by atoms with Crippen molar-refractivity contribution in [3.8, 4) is 0 Å². The largest absolute Gasteiger partial charge is 0.452 e. The minimum Gasteiger partial charge on any atom is -0.370 e. The molecule has 140 valence electrons. The first-order chi connectivity index (χ1) is 10.5. The summed E-state index contributed by atoms with van der Waals surface area (Å²) < 4.78 is 129. The van der Waals surface area contributed by atoms with Gasteiger partial charge in [-0.05, 0) is 36.7 Å². The van der Waals surface area contributed by atoms with Gasteiger partial charge in [-0.1, -0.05) is 0 Å². The van der Waals surface area contributed by atoms with Crippen LogP contribution in [-0.4, -0.2) is 40.2 Å².